The predicted molar refractivity (Wildman–Crippen MR) is 96.7 cm³/mol. The smallest absolute Gasteiger partial charge is 0.340 e. The second kappa shape index (κ2) is 7.96. The molecular formula is C19H25N3O3. The van der Waals surface area contributed by atoms with Crippen LogP contribution in [0, 0.1) is 6.92 Å². The van der Waals surface area contributed by atoms with Gasteiger partial charge in [-0.05, 0) is 44.9 Å². The van der Waals surface area contributed by atoms with Crippen molar-refractivity contribution in [1.82, 2.24) is 9.78 Å². The van der Waals surface area contributed by atoms with E-state index in [4.69, 9.17) is 4.74 Å². The molecule has 2 rings (SSSR count). The monoisotopic (exact) mass is 343 g/mol. The van der Waals surface area contributed by atoms with Crippen LogP contribution in [0.15, 0.2) is 30.5 Å². The Bertz CT molecular complexity index is 765. The summed E-state index contributed by atoms with van der Waals surface area (Å²) in [5.74, 6) is -0.485. The van der Waals surface area contributed by atoms with Crippen molar-refractivity contribution in [3.05, 3.63) is 47.3 Å². The van der Waals surface area contributed by atoms with Gasteiger partial charge in [-0.2, -0.15) is 5.10 Å². The van der Waals surface area contributed by atoms with Gasteiger partial charge in [0.2, 0.25) is 5.91 Å². The number of aromatic nitrogens is 2. The van der Waals surface area contributed by atoms with E-state index in [-0.39, 0.29) is 12.0 Å². The Morgan fingerprint density at radius 2 is 1.96 bits per heavy atom. The lowest BCUT2D eigenvalue weighted by molar-refractivity contribution is -0.118. The first-order chi connectivity index (χ1) is 11.8. The van der Waals surface area contributed by atoms with E-state index in [0.717, 1.165) is 11.3 Å². The van der Waals surface area contributed by atoms with Crippen LogP contribution < -0.4 is 4.90 Å². The Morgan fingerprint density at radius 3 is 2.56 bits per heavy atom. The third-order valence-electron chi connectivity index (χ3n) is 3.93. The summed E-state index contributed by atoms with van der Waals surface area (Å²) in [5.41, 5.74) is 2.93. The number of carbonyl (C=O) groups is 2. The number of anilines is 1. The molecule has 0 saturated heterocycles. The van der Waals surface area contributed by atoms with E-state index in [1.165, 1.54) is 4.90 Å². The maximum atomic E-state index is 12.6. The minimum atomic E-state index is -0.423. The lowest BCUT2D eigenvalue weighted by Gasteiger charge is -2.20. The number of benzene rings is 1. The molecule has 6 heteroatoms. The molecule has 25 heavy (non-hydrogen) atoms. The number of nitrogens with zero attached hydrogens (tertiary/aromatic N) is 3. The first-order valence-electron chi connectivity index (χ1n) is 8.35. The lowest BCUT2D eigenvalue weighted by atomic mass is 10.1. The average molecular weight is 343 g/mol. The maximum absolute atomic E-state index is 12.6. The van der Waals surface area contributed by atoms with Gasteiger partial charge in [0.1, 0.15) is 0 Å². The van der Waals surface area contributed by atoms with Crippen LogP contribution in [0.2, 0.25) is 0 Å². The van der Waals surface area contributed by atoms with E-state index >= 15 is 0 Å². The van der Waals surface area contributed by atoms with E-state index in [1.807, 2.05) is 20.2 Å². The minimum absolute atomic E-state index is 0.0620. The highest BCUT2D eigenvalue weighted by Gasteiger charge is 2.20. The summed E-state index contributed by atoms with van der Waals surface area (Å²) in [7, 11) is 3.54. The molecule has 0 fully saturated rings. The summed E-state index contributed by atoms with van der Waals surface area (Å²) in [6.45, 7) is 5.53. The van der Waals surface area contributed by atoms with E-state index in [9.17, 15) is 9.59 Å². The zero-order valence-corrected chi connectivity index (χ0v) is 15.4. The van der Waals surface area contributed by atoms with Crippen molar-refractivity contribution in [3.8, 4) is 0 Å². The Labute approximate surface area is 148 Å². The second-order valence-electron chi connectivity index (χ2n) is 6.34. The molecule has 0 N–H and O–H groups in total. The van der Waals surface area contributed by atoms with Crippen LogP contribution in [0.25, 0.3) is 0 Å². The third kappa shape index (κ3) is 4.68. The number of hydrogen-bond donors (Lipinski definition) is 0. The standard InChI is InChI=1S/C19H25N3O3/c1-13(2)25-19(24)16-8-6-7-9-17(16)22(5)18(23)11-10-15-12-21(4)20-14(15)3/h6-9,12-13H,10-11H2,1-5H3. The van der Waals surface area contributed by atoms with Crippen LogP contribution in [0.3, 0.4) is 0 Å². The molecular weight excluding hydrogens is 318 g/mol. The fraction of sp³-hybridized carbons (Fsp3) is 0.421. The zero-order valence-electron chi connectivity index (χ0n) is 15.4. The van der Waals surface area contributed by atoms with Crippen molar-refractivity contribution in [2.45, 2.75) is 39.7 Å². The Kier molecular flexibility index (Phi) is 5.96. The molecule has 0 spiro atoms. The highest BCUT2D eigenvalue weighted by molar-refractivity contribution is 6.02. The molecule has 0 saturated carbocycles. The number of hydrogen-bond acceptors (Lipinski definition) is 4. The van der Waals surface area contributed by atoms with Gasteiger partial charge in [-0.1, -0.05) is 12.1 Å². The molecule has 0 unspecified atom stereocenters. The van der Waals surface area contributed by atoms with Crippen LogP contribution in [-0.4, -0.2) is 34.8 Å². The van der Waals surface area contributed by atoms with Gasteiger partial charge in [0.25, 0.3) is 0 Å². The van der Waals surface area contributed by atoms with Crippen LogP contribution in [-0.2, 0) is 23.0 Å². The molecule has 1 aromatic carbocycles. The summed E-state index contributed by atoms with van der Waals surface area (Å²) in [4.78, 5) is 26.4. The van der Waals surface area contributed by atoms with Crippen LogP contribution in [0.1, 0.15) is 41.9 Å². The molecule has 0 atom stereocenters. The van der Waals surface area contributed by atoms with Crippen molar-refractivity contribution in [3.63, 3.8) is 0 Å². The van der Waals surface area contributed by atoms with Gasteiger partial charge >= 0.3 is 5.97 Å². The number of ether oxygens (including phenoxy) is 1. The summed E-state index contributed by atoms with van der Waals surface area (Å²) in [6, 6.07) is 6.99. The number of para-hydroxylation sites is 1. The normalized spacial score (nSPS) is 10.8. The molecule has 0 bridgehead atoms. The Hall–Kier alpha value is -2.63. The van der Waals surface area contributed by atoms with Gasteiger partial charge in [-0.25, -0.2) is 4.79 Å². The maximum Gasteiger partial charge on any atom is 0.340 e. The van der Waals surface area contributed by atoms with Gasteiger partial charge in [0.15, 0.2) is 0 Å². The largest absolute Gasteiger partial charge is 0.459 e. The van der Waals surface area contributed by atoms with Gasteiger partial charge in [0, 0.05) is 26.7 Å². The van der Waals surface area contributed by atoms with Crippen LogP contribution in [0.4, 0.5) is 5.69 Å². The summed E-state index contributed by atoms with van der Waals surface area (Å²) in [6.07, 6.45) is 2.67. The quantitative estimate of drug-likeness (QED) is 0.757. The van der Waals surface area contributed by atoms with Crippen molar-refractivity contribution in [1.29, 1.82) is 0 Å². The number of aryl methyl sites for hydroxylation is 3. The average Bonchev–Trinajstić information content (AvgIpc) is 2.88. The minimum Gasteiger partial charge on any atom is -0.459 e. The summed E-state index contributed by atoms with van der Waals surface area (Å²) in [5, 5.41) is 4.29. The van der Waals surface area contributed by atoms with E-state index in [2.05, 4.69) is 5.10 Å². The van der Waals surface area contributed by atoms with Crippen molar-refractivity contribution >= 4 is 17.6 Å². The fourth-order valence-electron chi connectivity index (χ4n) is 2.65. The molecule has 1 aromatic heterocycles. The van der Waals surface area contributed by atoms with Gasteiger partial charge in [-0.15, -0.1) is 0 Å². The molecule has 2 aromatic rings. The predicted octanol–water partition coefficient (Wildman–Crippen LogP) is 2.89. The van der Waals surface area contributed by atoms with Crippen molar-refractivity contribution in [2.24, 2.45) is 7.05 Å². The SMILES string of the molecule is Cc1nn(C)cc1CCC(=O)N(C)c1ccccc1C(=O)OC(C)C. The Balaban J connectivity index is 2.11. The lowest BCUT2D eigenvalue weighted by Crippen LogP contribution is -2.28. The first kappa shape index (κ1) is 18.7. The molecule has 134 valence electrons. The topological polar surface area (TPSA) is 64.4 Å². The van der Waals surface area contributed by atoms with Crippen LogP contribution in [0.5, 0.6) is 0 Å². The highest BCUT2D eigenvalue weighted by atomic mass is 16.5. The zero-order chi connectivity index (χ0) is 18.6. The summed E-state index contributed by atoms with van der Waals surface area (Å²) < 4.78 is 7.01. The van der Waals surface area contributed by atoms with E-state index < -0.39 is 5.97 Å². The molecule has 0 radical (unpaired) electrons. The number of esters is 1. The van der Waals surface area contributed by atoms with Crippen LogP contribution >= 0.6 is 0 Å². The molecule has 1 heterocycles. The van der Waals surface area contributed by atoms with E-state index in [0.29, 0.717) is 24.1 Å². The molecule has 0 aliphatic rings. The second-order valence-corrected chi connectivity index (χ2v) is 6.34. The molecule has 1 amide bonds. The van der Waals surface area contributed by atoms with Gasteiger partial charge in [0.05, 0.1) is 23.0 Å². The Morgan fingerprint density at radius 1 is 1.28 bits per heavy atom. The third-order valence-corrected chi connectivity index (χ3v) is 3.93. The fourth-order valence-corrected chi connectivity index (χ4v) is 2.65. The molecule has 0 aliphatic heterocycles. The summed E-state index contributed by atoms with van der Waals surface area (Å²) >= 11 is 0. The number of amides is 1. The molecule has 0 aliphatic carbocycles. The van der Waals surface area contributed by atoms with Crippen molar-refractivity contribution in [2.75, 3.05) is 11.9 Å². The highest BCUT2D eigenvalue weighted by Crippen LogP contribution is 2.22. The first-order valence-corrected chi connectivity index (χ1v) is 8.35. The van der Waals surface area contributed by atoms with Gasteiger partial charge in [-0.3, -0.25) is 9.48 Å². The molecule has 6 nitrogen and oxygen atoms in total. The number of carbonyl (C=O) groups excluding carboxylic acids is 2. The van der Waals surface area contributed by atoms with Gasteiger partial charge < -0.3 is 9.64 Å². The number of rotatable bonds is 6. The van der Waals surface area contributed by atoms with E-state index in [1.54, 1.807) is 49.8 Å². The van der Waals surface area contributed by atoms with Crippen molar-refractivity contribution < 1.29 is 14.3 Å².